The molecule has 1 aliphatic heterocycles. The first-order valence-electron chi connectivity index (χ1n) is 6.08. The number of carbonyl (C=O) groups is 1. The van der Waals surface area contributed by atoms with Crippen LogP contribution < -0.4 is 0 Å². The van der Waals surface area contributed by atoms with Gasteiger partial charge in [0.25, 0.3) is 0 Å². The number of hydrogen-bond donors (Lipinski definition) is 1. The van der Waals surface area contributed by atoms with Gasteiger partial charge in [-0.15, -0.1) is 0 Å². The van der Waals surface area contributed by atoms with Crippen molar-refractivity contribution in [3.63, 3.8) is 0 Å². The van der Waals surface area contributed by atoms with E-state index in [1.54, 1.807) is 4.68 Å². The molecule has 0 bridgehead atoms. The zero-order valence-corrected chi connectivity index (χ0v) is 11.7. The Morgan fingerprint density at radius 1 is 1.58 bits per heavy atom. The average Bonchev–Trinajstić information content (AvgIpc) is 2.84. The van der Waals surface area contributed by atoms with E-state index >= 15 is 0 Å². The molecule has 1 saturated heterocycles. The Morgan fingerprint density at radius 2 is 2.26 bits per heavy atom. The van der Waals surface area contributed by atoms with Crippen molar-refractivity contribution in [1.82, 2.24) is 14.8 Å². The highest BCUT2D eigenvalue weighted by Gasteiger charge is 2.49. The molecule has 19 heavy (non-hydrogen) atoms. The molecular weight excluding hydrogens is 270 g/mol. The molecule has 2 heterocycles. The van der Waals surface area contributed by atoms with Crippen LogP contribution >= 0.6 is 0 Å². The minimum atomic E-state index is -3.27. The zero-order valence-electron chi connectivity index (χ0n) is 10.9. The van der Waals surface area contributed by atoms with E-state index in [0.29, 0.717) is 5.82 Å². The maximum absolute atomic E-state index is 11.6. The zero-order chi connectivity index (χ0) is 14.3. The molecule has 1 unspecified atom stereocenters. The van der Waals surface area contributed by atoms with Gasteiger partial charge in [0.1, 0.15) is 12.2 Å². The third kappa shape index (κ3) is 2.63. The van der Waals surface area contributed by atoms with Crippen LogP contribution in [0.4, 0.5) is 0 Å². The second-order valence-electron chi connectivity index (χ2n) is 5.32. The van der Waals surface area contributed by atoms with Gasteiger partial charge in [-0.05, 0) is 20.3 Å². The molecule has 8 heteroatoms. The summed E-state index contributed by atoms with van der Waals surface area (Å²) in [5.74, 6) is -0.948. The van der Waals surface area contributed by atoms with E-state index in [1.807, 2.05) is 13.8 Å². The third-order valence-electron chi connectivity index (χ3n) is 3.47. The molecule has 0 aromatic carbocycles. The van der Waals surface area contributed by atoms with Crippen molar-refractivity contribution in [2.45, 2.75) is 32.7 Å². The van der Waals surface area contributed by atoms with Crippen LogP contribution in [0.2, 0.25) is 0 Å². The Hall–Kier alpha value is -1.44. The lowest BCUT2D eigenvalue weighted by Crippen LogP contribution is -2.35. The lowest BCUT2D eigenvalue weighted by atomic mass is 9.84. The molecule has 1 aliphatic rings. The maximum atomic E-state index is 11.6. The standard InChI is InChI=1S/C11H17N3O4S/c1-8(2)14-9(12-7-13-14)5-11(10(15)16)3-4-19(17,18)6-11/h7-8H,3-6H2,1-2H3,(H,15,16). The summed E-state index contributed by atoms with van der Waals surface area (Å²) >= 11 is 0. The first-order chi connectivity index (χ1) is 8.76. The molecular formula is C11H17N3O4S. The highest BCUT2D eigenvalue weighted by Crippen LogP contribution is 2.36. The van der Waals surface area contributed by atoms with E-state index < -0.39 is 21.2 Å². The SMILES string of the molecule is CC(C)n1ncnc1CC1(C(=O)O)CCS(=O)(=O)C1. The fourth-order valence-corrected chi connectivity index (χ4v) is 4.49. The molecule has 0 radical (unpaired) electrons. The number of rotatable bonds is 4. The van der Waals surface area contributed by atoms with Gasteiger partial charge in [0.2, 0.25) is 0 Å². The van der Waals surface area contributed by atoms with E-state index in [1.165, 1.54) is 6.33 Å². The lowest BCUT2D eigenvalue weighted by molar-refractivity contribution is -0.147. The summed E-state index contributed by atoms with van der Waals surface area (Å²) in [5.41, 5.74) is -1.27. The summed E-state index contributed by atoms with van der Waals surface area (Å²) in [6, 6.07) is 0.0568. The number of carboxylic acid groups (broad SMARTS) is 1. The highest BCUT2D eigenvalue weighted by molar-refractivity contribution is 7.91. The predicted octanol–water partition coefficient (Wildman–Crippen LogP) is 0.291. The molecule has 1 atom stereocenters. The van der Waals surface area contributed by atoms with E-state index in [0.717, 1.165) is 0 Å². The molecule has 7 nitrogen and oxygen atoms in total. The molecule has 0 spiro atoms. The van der Waals surface area contributed by atoms with Gasteiger partial charge >= 0.3 is 5.97 Å². The highest BCUT2D eigenvalue weighted by atomic mass is 32.2. The maximum Gasteiger partial charge on any atom is 0.311 e. The molecule has 0 aliphatic carbocycles. The molecule has 0 amide bonds. The van der Waals surface area contributed by atoms with Gasteiger partial charge in [0, 0.05) is 12.5 Å². The molecule has 1 aromatic rings. The van der Waals surface area contributed by atoms with Crippen LogP contribution in [-0.2, 0) is 21.1 Å². The van der Waals surface area contributed by atoms with Crippen LogP contribution in [0.25, 0.3) is 0 Å². The van der Waals surface area contributed by atoms with Crippen molar-refractivity contribution in [3.8, 4) is 0 Å². The summed E-state index contributed by atoms with van der Waals surface area (Å²) in [7, 11) is -3.27. The Bertz CT molecular complexity index is 593. The lowest BCUT2D eigenvalue weighted by Gasteiger charge is -2.22. The van der Waals surface area contributed by atoms with E-state index in [9.17, 15) is 18.3 Å². The Balaban J connectivity index is 2.33. The third-order valence-corrected chi connectivity index (χ3v) is 5.29. The summed E-state index contributed by atoms with van der Waals surface area (Å²) in [6.07, 6.45) is 1.60. The fourth-order valence-electron chi connectivity index (χ4n) is 2.43. The second-order valence-corrected chi connectivity index (χ2v) is 7.50. The first kappa shape index (κ1) is 14.0. The largest absolute Gasteiger partial charge is 0.481 e. The normalized spacial score (nSPS) is 25.8. The van der Waals surface area contributed by atoms with Gasteiger partial charge in [-0.2, -0.15) is 5.10 Å². The minimum absolute atomic E-state index is 0.0568. The van der Waals surface area contributed by atoms with E-state index in [2.05, 4.69) is 10.1 Å². The van der Waals surface area contributed by atoms with E-state index in [-0.39, 0.29) is 30.4 Å². The number of sulfone groups is 1. The van der Waals surface area contributed by atoms with Gasteiger partial charge < -0.3 is 5.11 Å². The number of nitrogens with zero attached hydrogens (tertiary/aromatic N) is 3. The van der Waals surface area contributed by atoms with Gasteiger partial charge in [0.05, 0.1) is 16.9 Å². The Labute approximate surface area is 111 Å². The van der Waals surface area contributed by atoms with Crippen LogP contribution in [0.1, 0.15) is 32.1 Å². The Kier molecular flexibility index (Phi) is 3.38. The van der Waals surface area contributed by atoms with Crippen LogP contribution in [0, 0.1) is 5.41 Å². The van der Waals surface area contributed by atoms with E-state index in [4.69, 9.17) is 0 Å². The van der Waals surface area contributed by atoms with Crippen molar-refractivity contribution < 1.29 is 18.3 Å². The fraction of sp³-hybridized carbons (Fsp3) is 0.727. The second kappa shape index (κ2) is 4.59. The molecule has 106 valence electrons. The van der Waals surface area contributed by atoms with Gasteiger partial charge in [-0.1, -0.05) is 0 Å². The average molecular weight is 287 g/mol. The van der Waals surface area contributed by atoms with Crippen molar-refractivity contribution in [1.29, 1.82) is 0 Å². The molecule has 1 aromatic heterocycles. The van der Waals surface area contributed by atoms with Gasteiger partial charge in [-0.3, -0.25) is 4.79 Å². The van der Waals surface area contributed by atoms with Crippen LogP contribution in [-0.4, -0.2) is 45.8 Å². The summed E-state index contributed by atoms with van der Waals surface area (Å²) in [4.78, 5) is 15.6. The number of hydrogen-bond acceptors (Lipinski definition) is 5. The summed E-state index contributed by atoms with van der Waals surface area (Å²) in [5, 5.41) is 13.5. The van der Waals surface area contributed by atoms with Crippen molar-refractivity contribution >= 4 is 15.8 Å². The van der Waals surface area contributed by atoms with Crippen molar-refractivity contribution in [2.75, 3.05) is 11.5 Å². The van der Waals surface area contributed by atoms with Crippen molar-refractivity contribution in [3.05, 3.63) is 12.2 Å². The minimum Gasteiger partial charge on any atom is -0.481 e. The summed E-state index contributed by atoms with van der Waals surface area (Å²) in [6.45, 7) is 3.83. The van der Waals surface area contributed by atoms with Crippen LogP contribution in [0.15, 0.2) is 6.33 Å². The monoisotopic (exact) mass is 287 g/mol. The smallest absolute Gasteiger partial charge is 0.311 e. The first-order valence-corrected chi connectivity index (χ1v) is 7.90. The molecule has 1 fully saturated rings. The number of carboxylic acids is 1. The molecule has 0 saturated carbocycles. The molecule has 2 rings (SSSR count). The summed E-state index contributed by atoms with van der Waals surface area (Å²) < 4.78 is 24.8. The predicted molar refractivity (Wildman–Crippen MR) is 67.5 cm³/mol. The topological polar surface area (TPSA) is 102 Å². The number of aromatic nitrogens is 3. The van der Waals surface area contributed by atoms with Crippen molar-refractivity contribution in [2.24, 2.45) is 5.41 Å². The van der Waals surface area contributed by atoms with Gasteiger partial charge in [-0.25, -0.2) is 18.1 Å². The molecule has 1 N–H and O–H groups in total. The van der Waals surface area contributed by atoms with Crippen LogP contribution in [0.5, 0.6) is 0 Å². The van der Waals surface area contributed by atoms with Gasteiger partial charge in [0.15, 0.2) is 9.84 Å². The number of aliphatic carboxylic acids is 1. The quantitative estimate of drug-likeness (QED) is 0.854. The Morgan fingerprint density at radius 3 is 2.74 bits per heavy atom. The van der Waals surface area contributed by atoms with Crippen LogP contribution in [0.3, 0.4) is 0 Å².